The molecule has 2 aromatic carbocycles. The van der Waals surface area contributed by atoms with Crippen LogP contribution >= 0.6 is 0 Å². The molecule has 0 heterocycles. The Morgan fingerprint density at radius 1 is 1.12 bits per heavy atom. The molecule has 24 heavy (non-hydrogen) atoms. The van der Waals surface area contributed by atoms with Crippen LogP contribution in [0.3, 0.4) is 0 Å². The Labute approximate surface area is 138 Å². The van der Waals surface area contributed by atoms with Crippen LogP contribution < -0.4 is 15.6 Å². The molecular weight excluding hydrogens is 315 g/mol. The fraction of sp³-hybridized carbons (Fsp3) is 0.176. The van der Waals surface area contributed by atoms with Gasteiger partial charge in [0.05, 0.1) is 6.42 Å². The van der Waals surface area contributed by atoms with Gasteiger partial charge < -0.3 is 9.84 Å². The second kappa shape index (κ2) is 7.96. The van der Waals surface area contributed by atoms with E-state index >= 15 is 0 Å². The summed E-state index contributed by atoms with van der Waals surface area (Å²) in [4.78, 5) is 23.6. The van der Waals surface area contributed by atoms with E-state index in [1.807, 2.05) is 0 Å². The van der Waals surface area contributed by atoms with E-state index in [4.69, 9.17) is 4.74 Å². The van der Waals surface area contributed by atoms with Crippen molar-refractivity contribution in [2.45, 2.75) is 19.4 Å². The summed E-state index contributed by atoms with van der Waals surface area (Å²) in [7, 11) is 0. The van der Waals surface area contributed by atoms with Gasteiger partial charge >= 0.3 is 0 Å². The summed E-state index contributed by atoms with van der Waals surface area (Å²) in [6.07, 6.45) is -0.959. The number of phenols is 1. The molecule has 0 aliphatic heterocycles. The van der Waals surface area contributed by atoms with Crippen LogP contribution in [0.15, 0.2) is 48.5 Å². The van der Waals surface area contributed by atoms with Crippen molar-refractivity contribution in [3.05, 3.63) is 59.9 Å². The zero-order valence-corrected chi connectivity index (χ0v) is 13.0. The number of halogens is 1. The SMILES string of the molecule is CC(Oc1ccccc1F)C(=O)NNC(=O)Cc1ccc(O)cc1. The van der Waals surface area contributed by atoms with Crippen molar-refractivity contribution in [1.29, 1.82) is 0 Å². The monoisotopic (exact) mass is 332 g/mol. The van der Waals surface area contributed by atoms with Gasteiger partial charge in [-0.25, -0.2) is 4.39 Å². The van der Waals surface area contributed by atoms with E-state index in [9.17, 15) is 19.1 Å². The van der Waals surface area contributed by atoms with Crippen LogP contribution in [0.5, 0.6) is 11.5 Å². The van der Waals surface area contributed by atoms with Gasteiger partial charge in [-0.3, -0.25) is 20.4 Å². The lowest BCUT2D eigenvalue weighted by molar-refractivity contribution is -0.132. The number of para-hydroxylation sites is 1. The van der Waals surface area contributed by atoms with E-state index in [2.05, 4.69) is 10.9 Å². The molecule has 0 aliphatic rings. The number of carbonyl (C=O) groups is 2. The lowest BCUT2D eigenvalue weighted by Crippen LogP contribution is -2.47. The van der Waals surface area contributed by atoms with E-state index in [-0.39, 0.29) is 17.9 Å². The van der Waals surface area contributed by atoms with E-state index in [0.717, 1.165) is 0 Å². The maximum absolute atomic E-state index is 13.5. The van der Waals surface area contributed by atoms with Gasteiger partial charge in [-0.05, 0) is 36.8 Å². The highest BCUT2D eigenvalue weighted by Gasteiger charge is 2.17. The summed E-state index contributed by atoms with van der Waals surface area (Å²) in [5.74, 6) is -1.57. The van der Waals surface area contributed by atoms with Crippen molar-refractivity contribution in [3.8, 4) is 11.5 Å². The number of benzene rings is 2. The Bertz CT molecular complexity index is 719. The highest BCUT2D eigenvalue weighted by molar-refractivity contribution is 5.85. The number of amides is 2. The third-order valence-electron chi connectivity index (χ3n) is 3.14. The van der Waals surface area contributed by atoms with Crippen LogP contribution in [0, 0.1) is 5.82 Å². The minimum atomic E-state index is -0.990. The van der Waals surface area contributed by atoms with Crippen LogP contribution in [0.4, 0.5) is 4.39 Å². The minimum Gasteiger partial charge on any atom is -0.508 e. The highest BCUT2D eigenvalue weighted by atomic mass is 19.1. The van der Waals surface area contributed by atoms with E-state index in [1.54, 1.807) is 18.2 Å². The summed E-state index contributed by atoms with van der Waals surface area (Å²) >= 11 is 0. The summed E-state index contributed by atoms with van der Waals surface area (Å²) < 4.78 is 18.7. The summed E-state index contributed by atoms with van der Waals surface area (Å²) in [6, 6.07) is 11.8. The van der Waals surface area contributed by atoms with Gasteiger partial charge in [0.15, 0.2) is 17.7 Å². The van der Waals surface area contributed by atoms with Crippen LogP contribution in [-0.4, -0.2) is 23.0 Å². The number of ether oxygens (including phenoxy) is 1. The molecule has 0 aliphatic carbocycles. The fourth-order valence-electron chi connectivity index (χ4n) is 1.86. The van der Waals surface area contributed by atoms with E-state index in [1.165, 1.54) is 37.3 Å². The Morgan fingerprint density at radius 3 is 2.46 bits per heavy atom. The molecule has 0 fully saturated rings. The zero-order chi connectivity index (χ0) is 17.5. The molecule has 0 radical (unpaired) electrons. The van der Waals surface area contributed by atoms with Gasteiger partial charge in [0.2, 0.25) is 5.91 Å². The predicted molar refractivity (Wildman–Crippen MR) is 84.6 cm³/mol. The third-order valence-corrected chi connectivity index (χ3v) is 3.14. The average Bonchev–Trinajstić information content (AvgIpc) is 2.56. The number of phenolic OH excluding ortho intramolecular Hbond substituents is 1. The summed E-state index contributed by atoms with van der Waals surface area (Å²) in [5, 5.41) is 9.17. The summed E-state index contributed by atoms with van der Waals surface area (Å²) in [5.41, 5.74) is 5.15. The molecule has 0 aromatic heterocycles. The molecule has 3 N–H and O–H groups in total. The van der Waals surface area contributed by atoms with Crippen molar-refractivity contribution in [2.75, 3.05) is 0 Å². The number of rotatable bonds is 5. The van der Waals surface area contributed by atoms with Gasteiger partial charge in [0.25, 0.3) is 5.91 Å². The molecule has 6 nitrogen and oxygen atoms in total. The smallest absolute Gasteiger partial charge is 0.279 e. The number of hydrazine groups is 1. The molecule has 1 unspecified atom stereocenters. The number of aromatic hydroxyl groups is 1. The van der Waals surface area contributed by atoms with Crippen LogP contribution in [0.1, 0.15) is 12.5 Å². The quantitative estimate of drug-likeness (QED) is 0.727. The molecule has 2 rings (SSSR count). The van der Waals surface area contributed by atoms with Crippen molar-refractivity contribution in [2.24, 2.45) is 0 Å². The van der Waals surface area contributed by atoms with Crippen molar-refractivity contribution in [3.63, 3.8) is 0 Å². The highest BCUT2D eigenvalue weighted by Crippen LogP contribution is 2.16. The maximum atomic E-state index is 13.5. The first-order valence-corrected chi connectivity index (χ1v) is 7.23. The second-order valence-electron chi connectivity index (χ2n) is 5.07. The fourth-order valence-corrected chi connectivity index (χ4v) is 1.86. The van der Waals surface area contributed by atoms with Crippen LogP contribution in [0.25, 0.3) is 0 Å². The zero-order valence-electron chi connectivity index (χ0n) is 13.0. The number of hydrogen-bond acceptors (Lipinski definition) is 4. The first-order chi connectivity index (χ1) is 11.5. The van der Waals surface area contributed by atoms with Gasteiger partial charge in [-0.15, -0.1) is 0 Å². The molecule has 7 heteroatoms. The van der Waals surface area contributed by atoms with Crippen LogP contribution in [-0.2, 0) is 16.0 Å². The van der Waals surface area contributed by atoms with Gasteiger partial charge in [-0.2, -0.15) is 0 Å². The standard InChI is InChI=1S/C17H17FN2O4/c1-11(24-15-5-3-2-4-14(15)18)17(23)20-19-16(22)10-12-6-8-13(21)9-7-12/h2-9,11,21H,10H2,1H3,(H,19,22)(H,20,23). The van der Waals surface area contributed by atoms with Gasteiger partial charge in [0.1, 0.15) is 5.75 Å². The molecule has 1 atom stereocenters. The molecule has 0 saturated carbocycles. The molecule has 0 spiro atoms. The summed E-state index contributed by atoms with van der Waals surface area (Å²) in [6.45, 7) is 1.44. The molecule has 2 aromatic rings. The minimum absolute atomic E-state index is 0.0309. The largest absolute Gasteiger partial charge is 0.508 e. The van der Waals surface area contributed by atoms with Crippen LogP contribution in [0.2, 0.25) is 0 Å². The normalized spacial score (nSPS) is 11.4. The Kier molecular flexibility index (Phi) is 5.73. The molecule has 2 amide bonds. The van der Waals surface area contributed by atoms with Crippen molar-refractivity contribution < 1.29 is 23.8 Å². The van der Waals surface area contributed by atoms with Crippen molar-refractivity contribution in [1.82, 2.24) is 10.9 Å². The first-order valence-electron chi connectivity index (χ1n) is 7.23. The molecule has 0 saturated heterocycles. The number of hydrogen-bond donors (Lipinski definition) is 3. The Morgan fingerprint density at radius 2 is 1.79 bits per heavy atom. The third kappa shape index (κ3) is 4.98. The lowest BCUT2D eigenvalue weighted by atomic mass is 10.1. The second-order valence-corrected chi connectivity index (χ2v) is 5.07. The number of carbonyl (C=O) groups excluding carboxylic acids is 2. The van der Waals surface area contributed by atoms with Crippen molar-refractivity contribution >= 4 is 11.8 Å². The Hall–Kier alpha value is -3.09. The van der Waals surface area contributed by atoms with E-state index < -0.39 is 23.7 Å². The maximum Gasteiger partial charge on any atom is 0.279 e. The Balaban J connectivity index is 1.80. The van der Waals surface area contributed by atoms with E-state index in [0.29, 0.717) is 5.56 Å². The average molecular weight is 332 g/mol. The number of nitrogens with one attached hydrogen (secondary N) is 2. The van der Waals surface area contributed by atoms with Gasteiger partial charge in [0, 0.05) is 0 Å². The molecule has 0 bridgehead atoms. The first kappa shape index (κ1) is 17.3. The predicted octanol–water partition coefficient (Wildman–Crippen LogP) is 1.69. The topological polar surface area (TPSA) is 87.7 Å². The van der Waals surface area contributed by atoms with Gasteiger partial charge in [-0.1, -0.05) is 24.3 Å². The molecular formula is C17H17FN2O4. The lowest BCUT2D eigenvalue weighted by Gasteiger charge is -2.15. The molecule has 126 valence electrons.